The Balaban J connectivity index is 0.00000300. The monoisotopic (exact) mass is 513 g/mol. The van der Waals surface area contributed by atoms with Crippen molar-refractivity contribution < 1.29 is 13.9 Å². The Labute approximate surface area is 190 Å². The summed E-state index contributed by atoms with van der Waals surface area (Å²) in [7, 11) is 1.77. The van der Waals surface area contributed by atoms with Crippen molar-refractivity contribution >= 4 is 29.9 Å². The molecule has 0 amide bonds. The normalized spacial score (nSPS) is 16.2. The molecular formula is C22H32IN3O3. The van der Waals surface area contributed by atoms with E-state index < -0.39 is 0 Å². The first-order chi connectivity index (χ1) is 13.6. The number of hydrogen-bond acceptors (Lipinski definition) is 4. The van der Waals surface area contributed by atoms with Gasteiger partial charge in [0.05, 0.1) is 18.8 Å². The van der Waals surface area contributed by atoms with Gasteiger partial charge in [-0.3, -0.25) is 4.99 Å². The molecule has 0 bridgehead atoms. The second kappa shape index (κ2) is 12.2. The molecule has 1 aromatic carbocycles. The maximum Gasteiger partial charge on any atom is 0.191 e. The molecule has 3 rings (SSSR count). The fourth-order valence-electron chi connectivity index (χ4n) is 3.23. The topological polar surface area (TPSA) is 68.0 Å². The molecule has 7 heteroatoms. The van der Waals surface area contributed by atoms with E-state index in [-0.39, 0.29) is 30.0 Å². The molecule has 160 valence electrons. The zero-order chi connectivity index (χ0) is 19.8. The lowest BCUT2D eigenvalue weighted by Gasteiger charge is -2.22. The average molecular weight is 513 g/mol. The van der Waals surface area contributed by atoms with Crippen LogP contribution < -0.4 is 10.6 Å². The van der Waals surface area contributed by atoms with E-state index in [1.165, 1.54) is 11.1 Å². The Morgan fingerprint density at radius 3 is 2.66 bits per heavy atom. The van der Waals surface area contributed by atoms with Gasteiger partial charge in [-0.1, -0.05) is 24.3 Å². The molecule has 29 heavy (non-hydrogen) atoms. The van der Waals surface area contributed by atoms with Gasteiger partial charge < -0.3 is 24.5 Å². The summed E-state index contributed by atoms with van der Waals surface area (Å²) in [4.78, 5) is 4.31. The second-order valence-electron chi connectivity index (χ2n) is 7.18. The molecule has 1 aliphatic rings. The van der Waals surface area contributed by atoms with Gasteiger partial charge in [0.15, 0.2) is 5.96 Å². The summed E-state index contributed by atoms with van der Waals surface area (Å²) in [5.74, 6) is 2.55. The van der Waals surface area contributed by atoms with Crippen LogP contribution >= 0.6 is 24.0 Å². The van der Waals surface area contributed by atoms with Crippen molar-refractivity contribution in [3.8, 4) is 0 Å². The highest BCUT2D eigenvalue weighted by Gasteiger charge is 2.14. The van der Waals surface area contributed by atoms with Crippen LogP contribution in [0.3, 0.4) is 0 Å². The molecule has 1 saturated heterocycles. The number of nitrogens with one attached hydrogen (secondary N) is 2. The minimum Gasteiger partial charge on any atom is -0.464 e. The van der Waals surface area contributed by atoms with Crippen molar-refractivity contribution in [2.45, 2.75) is 52.0 Å². The molecule has 2 aromatic rings. The molecule has 1 aliphatic heterocycles. The number of ether oxygens (including phenoxy) is 2. The molecule has 1 atom stereocenters. The van der Waals surface area contributed by atoms with E-state index in [2.05, 4.69) is 46.8 Å². The first-order valence-corrected chi connectivity index (χ1v) is 9.94. The van der Waals surface area contributed by atoms with Gasteiger partial charge in [-0.05, 0) is 49.9 Å². The van der Waals surface area contributed by atoms with Gasteiger partial charge in [-0.2, -0.15) is 0 Å². The van der Waals surface area contributed by atoms with Crippen LogP contribution in [0.4, 0.5) is 0 Å². The average Bonchev–Trinajstić information content (AvgIpc) is 3.17. The van der Waals surface area contributed by atoms with Gasteiger partial charge in [0, 0.05) is 26.8 Å². The van der Waals surface area contributed by atoms with Crippen LogP contribution in [0.25, 0.3) is 0 Å². The third-order valence-corrected chi connectivity index (χ3v) is 4.87. The third-order valence-electron chi connectivity index (χ3n) is 4.87. The summed E-state index contributed by atoms with van der Waals surface area (Å²) in [6, 6.07) is 12.5. The van der Waals surface area contributed by atoms with E-state index in [0.717, 1.165) is 43.5 Å². The lowest BCUT2D eigenvalue weighted by atomic mass is 10.1. The van der Waals surface area contributed by atoms with Crippen LogP contribution in [0.15, 0.2) is 45.8 Å². The number of guanidine groups is 1. The molecule has 0 saturated carbocycles. The van der Waals surface area contributed by atoms with Crippen molar-refractivity contribution in [3.63, 3.8) is 0 Å². The minimum atomic E-state index is 0. The predicted octanol–water partition coefficient (Wildman–Crippen LogP) is 4.33. The first kappa shape index (κ1) is 23.7. The van der Waals surface area contributed by atoms with E-state index in [1.807, 2.05) is 19.1 Å². The Morgan fingerprint density at radius 2 is 1.97 bits per heavy atom. The standard InChI is InChI=1S/C22H31N3O3.HI/c1-16-7-8-21(28-16)17(2)25-22(23-3)24-14-18-5-4-6-19(13-18)15-27-20-9-11-26-12-10-20;/h4-8,13,17,20H,9-12,14-15H2,1-3H3,(H2,23,24,25);1H. The van der Waals surface area contributed by atoms with Gasteiger partial charge in [-0.15, -0.1) is 24.0 Å². The van der Waals surface area contributed by atoms with E-state index >= 15 is 0 Å². The molecule has 6 nitrogen and oxygen atoms in total. The number of halogens is 1. The molecule has 1 fully saturated rings. The Morgan fingerprint density at radius 1 is 1.21 bits per heavy atom. The van der Waals surface area contributed by atoms with E-state index in [9.17, 15) is 0 Å². The summed E-state index contributed by atoms with van der Waals surface area (Å²) in [5.41, 5.74) is 2.38. The van der Waals surface area contributed by atoms with E-state index in [0.29, 0.717) is 19.3 Å². The van der Waals surface area contributed by atoms with Crippen molar-refractivity contribution in [2.75, 3.05) is 20.3 Å². The predicted molar refractivity (Wildman–Crippen MR) is 126 cm³/mol. The smallest absolute Gasteiger partial charge is 0.191 e. The number of aryl methyl sites for hydroxylation is 1. The summed E-state index contributed by atoms with van der Waals surface area (Å²) in [5, 5.41) is 6.72. The third kappa shape index (κ3) is 7.64. The van der Waals surface area contributed by atoms with Crippen molar-refractivity contribution in [1.29, 1.82) is 0 Å². The van der Waals surface area contributed by atoms with Gasteiger partial charge in [0.25, 0.3) is 0 Å². The number of rotatable bonds is 7. The van der Waals surface area contributed by atoms with Crippen LogP contribution in [0.2, 0.25) is 0 Å². The second-order valence-corrected chi connectivity index (χ2v) is 7.18. The van der Waals surface area contributed by atoms with Gasteiger partial charge in [0.2, 0.25) is 0 Å². The molecule has 2 heterocycles. The van der Waals surface area contributed by atoms with Crippen LogP contribution in [0.1, 0.15) is 48.5 Å². The van der Waals surface area contributed by atoms with Crippen molar-refractivity contribution in [1.82, 2.24) is 10.6 Å². The first-order valence-electron chi connectivity index (χ1n) is 9.94. The van der Waals surface area contributed by atoms with E-state index in [4.69, 9.17) is 13.9 Å². The number of nitrogens with zero attached hydrogens (tertiary/aromatic N) is 1. The summed E-state index contributed by atoms with van der Waals surface area (Å²) >= 11 is 0. The number of hydrogen-bond donors (Lipinski definition) is 2. The zero-order valence-corrected chi connectivity index (χ0v) is 19.8. The Hall–Kier alpha value is -1.58. The SMILES string of the molecule is CN=C(NCc1cccc(COC2CCOCC2)c1)NC(C)c1ccc(C)o1.I. The summed E-state index contributed by atoms with van der Waals surface area (Å²) in [6.45, 7) is 6.93. The maximum absolute atomic E-state index is 6.03. The lowest BCUT2D eigenvalue weighted by Crippen LogP contribution is -2.38. The quantitative estimate of drug-likeness (QED) is 0.328. The zero-order valence-electron chi connectivity index (χ0n) is 17.4. The molecule has 0 spiro atoms. The molecule has 0 radical (unpaired) electrons. The number of furan rings is 1. The van der Waals surface area contributed by atoms with Gasteiger partial charge in [0.1, 0.15) is 11.5 Å². The van der Waals surface area contributed by atoms with Crippen LogP contribution in [0.5, 0.6) is 0 Å². The summed E-state index contributed by atoms with van der Waals surface area (Å²) < 4.78 is 17.1. The Bertz CT molecular complexity index is 772. The molecule has 0 aliphatic carbocycles. The summed E-state index contributed by atoms with van der Waals surface area (Å²) in [6.07, 6.45) is 2.28. The van der Waals surface area contributed by atoms with Crippen molar-refractivity contribution in [2.24, 2.45) is 4.99 Å². The Kier molecular flexibility index (Phi) is 9.96. The van der Waals surface area contributed by atoms with Crippen molar-refractivity contribution in [3.05, 3.63) is 59.0 Å². The van der Waals surface area contributed by atoms with Crippen LogP contribution in [0, 0.1) is 6.92 Å². The molecule has 2 N–H and O–H groups in total. The highest BCUT2D eigenvalue weighted by atomic mass is 127. The molecule has 1 unspecified atom stereocenters. The number of aliphatic imine (C=N–C) groups is 1. The van der Waals surface area contributed by atoms with E-state index in [1.54, 1.807) is 7.05 Å². The lowest BCUT2D eigenvalue weighted by molar-refractivity contribution is -0.0390. The molecular weight excluding hydrogens is 481 g/mol. The highest BCUT2D eigenvalue weighted by Crippen LogP contribution is 2.16. The van der Waals surface area contributed by atoms with Gasteiger partial charge >= 0.3 is 0 Å². The van der Waals surface area contributed by atoms with Gasteiger partial charge in [-0.25, -0.2) is 0 Å². The highest BCUT2D eigenvalue weighted by molar-refractivity contribution is 14.0. The minimum absolute atomic E-state index is 0. The fraction of sp³-hybridized carbons (Fsp3) is 0.500. The van der Waals surface area contributed by atoms with Crippen LogP contribution in [-0.2, 0) is 22.6 Å². The fourth-order valence-corrected chi connectivity index (χ4v) is 3.23. The largest absolute Gasteiger partial charge is 0.464 e. The van der Waals surface area contributed by atoms with Crippen LogP contribution in [-0.4, -0.2) is 32.3 Å². The maximum atomic E-state index is 6.03. The molecule has 1 aromatic heterocycles. The number of benzene rings is 1.